The molecule has 0 unspecified atom stereocenters. The van der Waals surface area contributed by atoms with Gasteiger partial charge in [0.05, 0.1) is 18.2 Å². The van der Waals surface area contributed by atoms with E-state index in [9.17, 15) is 9.59 Å². The van der Waals surface area contributed by atoms with E-state index in [0.29, 0.717) is 5.17 Å². The van der Waals surface area contributed by atoms with Crippen molar-refractivity contribution in [2.24, 2.45) is 10.2 Å². The highest BCUT2D eigenvalue weighted by Gasteiger charge is 2.25. The molecule has 1 aromatic rings. The number of nitrogens with zero attached hydrogens (tertiary/aromatic N) is 3. The Morgan fingerprint density at radius 2 is 2.11 bits per heavy atom. The van der Waals surface area contributed by atoms with Gasteiger partial charge in [-0.25, -0.2) is 4.79 Å². The van der Waals surface area contributed by atoms with E-state index in [1.165, 1.54) is 24.2 Å². The standard InChI is InChI=1S/C18H20N4O3S2/c1-25-16(23)10-15-17(24)20-18(27-15)21-19-11-13-4-2-3-5-14(13)12-22-6-8-26-9-7-22/h2-5,10-11H,6-9,12H2,1H3,(H,20,21,24)/b15-10+,19-11?. The quantitative estimate of drug-likeness (QED) is 0.349. The molecule has 7 nitrogen and oxygen atoms in total. The molecule has 2 aliphatic rings. The molecule has 0 aromatic heterocycles. The van der Waals surface area contributed by atoms with E-state index in [2.05, 4.69) is 31.2 Å². The number of carbonyl (C=O) groups is 2. The van der Waals surface area contributed by atoms with Crippen LogP contribution in [0.3, 0.4) is 0 Å². The van der Waals surface area contributed by atoms with E-state index in [4.69, 9.17) is 0 Å². The first kappa shape index (κ1) is 19.7. The minimum atomic E-state index is -0.581. The Kier molecular flexibility index (Phi) is 7.08. The monoisotopic (exact) mass is 404 g/mol. The predicted octanol–water partition coefficient (Wildman–Crippen LogP) is 1.85. The predicted molar refractivity (Wildman–Crippen MR) is 110 cm³/mol. The molecule has 9 heteroatoms. The number of methoxy groups -OCH3 is 1. The van der Waals surface area contributed by atoms with E-state index in [-0.39, 0.29) is 10.8 Å². The number of carbonyl (C=O) groups excluding carboxylic acids is 2. The summed E-state index contributed by atoms with van der Waals surface area (Å²) in [5.74, 6) is 1.37. The van der Waals surface area contributed by atoms with Crippen LogP contribution in [-0.2, 0) is 20.9 Å². The molecule has 1 amide bonds. The highest BCUT2D eigenvalue weighted by molar-refractivity contribution is 8.18. The Hall–Kier alpha value is -2.10. The van der Waals surface area contributed by atoms with Crippen molar-refractivity contribution in [3.05, 3.63) is 46.4 Å². The zero-order chi connectivity index (χ0) is 19.1. The summed E-state index contributed by atoms with van der Waals surface area (Å²) in [6, 6.07) is 8.09. The van der Waals surface area contributed by atoms with Crippen LogP contribution >= 0.6 is 23.5 Å². The molecule has 2 saturated heterocycles. The van der Waals surface area contributed by atoms with Gasteiger partial charge in [0.1, 0.15) is 0 Å². The van der Waals surface area contributed by atoms with Crippen molar-refractivity contribution in [2.45, 2.75) is 6.54 Å². The number of nitrogens with one attached hydrogen (secondary N) is 1. The largest absolute Gasteiger partial charge is 0.466 e. The molecular formula is C18H20N4O3S2. The lowest BCUT2D eigenvalue weighted by Crippen LogP contribution is -2.32. The summed E-state index contributed by atoms with van der Waals surface area (Å²) in [5.41, 5.74) is 2.20. The van der Waals surface area contributed by atoms with Gasteiger partial charge in [-0.2, -0.15) is 16.9 Å². The van der Waals surface area contributed by atoms with E-state index < -0.39 is 5.97 Å². The molecule has 0 radical (unpaired) electrons. The smallest absolute Gasteiger partial charge is 0.331 e. The zero-order valence-electron chi connectivity index (χ0n) is 14.9. The summed E-state index contributed by atoms with van der Waals surface area (Å²) in [5, 5.41) is 11.1. The molecule has 0 bridgehead atoms. The molecule has 1 N–H and O–H groups in total. The van der Waals surface area contributed by atoms with E-state index in [0.717, 1.165) is 43.0 Å². The van der Waals surface area contributed by atoms with Crippen molar-refractivity contribution in [3.63, 3.8) is 0 Å². The van der Waals surface area contributed by atoms with Gasteiger partial charge in [-0.05, 0) is 22.9 Å². The van der Waals surface area contributed by atoms with Crippen molar-refractivity contribution < 1.29 is 14.3 Å². The number of thioether (sulfide) groups is 2. The van der Waals surface area contributed by atoms with Gasteiger partial charge in [0, 0.05) is 37.2 Å². The van der Waals surface area contributed by atoms with E-state index in [1.54, 1.807) is 6.21 Å². The van der Waals surface area contributed by atoms with Crippen LogP contribution < -0.4 is 5.32 Å². The fourth-order valence-corrected chi connectivity index (χ4v) is 4.31. The van der Waals surface area contributed by atoms with Crippen LogP contribution in [0.5, 0.6) is 0 Å². The number of amides is 1. The number of hydrogen-bond donors (Lipinski definition) is 1. The molecule has 27 heavy (non-hydrogen) atoms. The Morgan fingerprint density at radius 3 is 2.89 bits per heavy atom. The molecular weight excluding hydrogens is 384 g/mol. The van der Waals surface area contributed by atoms with Crippen LogP contribution in [0.2, 0.25) is 0 Å². The maximum absolute atomic E-state index is 11.8. The highest BCUT2D eigenvalue weighted by Crippen LogP contribution is 2.23. The van der Waals surface area contributed by atoms with Gasteiger partial charge in [0.15, 0.2) is 5.17 Å². The lowest BCUT2D eigenvalue weighted by Gasteiger charge is -2.26. The summed E-state index contributed by atoms with van der Waals surface area (Å²) in [7, 11) is 1.26. The molecule has 0 spiro atoms. The summed E-state index contributed by atoms with van der Waals surface area (Å²) >= 11 is 3.05. The molecule has 3 rings (SSSR count). The summed E-state index contributed by atoms with van der Waals surface area (Å²) in [4.78, 5) is 25.7. The fourth-order valence-electron chi connectivity index (χ4n) is 2.59. The topological polar surface area (TPSA) is 83.4 Å². The Morgan fingerprint density at radius 1 is 1.33 bits per heavy atom. The average Bonchev–Trinajstić information content (AvgIpc) is 3.03. The first-order chi connectivity index (χ1) is 13.2. The maximum Gasteiger partial charge on any atom is 0.331 e. The molecule has 2 fully saturated rings. The van der Waals surface area contributed by atoms with E-state index in [1.807, 2.05) is 30.0 Å². The van der Waals surface area contributed by atoms with Crippen LogP contribution in [0.15, 0.2) is 45.4 Å². The Balaban J connectivity index is 1.66. The molecule has 0 atom stereocenters. The third-order valence-corrected chi connectivity index (χ3v) is 5.84. The zero-order valence-corrected chi connectivity index (χ0v) is 16.5. The van der Waals surface area contributed by atoms with Crippen molar-refractivity contribution in [3.8, 4) is 0 Å². The lowest BCUT2D eigenvalue weighted by molar-refractivity contribution is -0.135. The molecule has 2 heterocycles. The summed E-state index contributed by atoms with van der Waals surface area (Å²) in [6.07, 6.45) is 2.83. The van der Waals surface area contributed by atoms with Gasteiger partial charge >= 0.3 is 5.97 Å². The van der Waals surface area contributed by atoms with Crippen LogP contribution in [-0.4, -0.2) is 59.9 Å². The highest BCUT2D eigenvalue weighted by atomic mass is 32.2. The van der Waals surface area contributed by atoms with Gasteiger partial charge in [-0.15, -0.1) is 5.10 Å². The Labute approximate surface area is 166 Å². The molecule has 1 aromatic carbocycles. The Bertz CT molecular complexity index is 802. The minimum Gasteiger partial charge on any atom is -0.466 e. The summed E-state index contributed by atoms with van der Waals surface area (Å²) in [6.45, 7) is 3.07. The number of amidine groups is 1. The molecule has 0 aliphatic carbocycles. The van der Waals surface area contributed by atoms with Crippen LogP contribution in [0, 0.1) is 0 Å². The normalized spacial score (nSPS) is 21.1. The average molecular weight is 405 g/mol. The van der Waals surface area contributed by atoms with Gasteiger partial charge < -0.3 is 4.74 Å². The number of hydrogen-bond acceptors (Lipinski definition) is 8. The number of benzene rings is 1. The van der Waals surface area contributed by atoms with Crippen molar-refractivity contribution in [2.75, 3.05) is 31.7 Å². The van der Waals surface area contributed by atoms with Crippen LogP contribution in [0.25, 0.3) is 0 Å². The number of esters is 1. The minimum absolute atomic E-state index is 0.235. The van der Waals surface area contributed by atoms with Crippen LogP contribution in [0.1, 0.15) is 11.1 Å². The third-order valence-electron chi connectivity index (χ3n) is 4.00. The van der Waals surface area contributed by atoms with Gasteiger partial charge in [-0.3, -0.25) is 15.0 Å². The van der Waals surface area contributed by atoms with Gasteiger partial charge in [0.25, 0.3) is 5.91 Å². The van der Waals surface area contributed by atoms with Gasteiger partial charge in [-0.1, -0.05) is 24.3 Å². The second-order valence-electron chi connectivity index (χ2n) is 5.82. The summed E-state index contributed by atoms with van der Waals surface area (Å²) < 4.78 is 4.53. The third kappa shape index (κ3) is 5.69. The fraction of sp³-hybridized carbons (Fsp3) is 0.333. The van der Waals surface area contributed by atoms with Crippen molar-refractivity contribution in [1.29, 1.82) is 0 Å². The van der Waals surface area contributed by atoms with Crippen molar-refractivity contribution in [1.82, 2.24) is 10.2 Å². The first-order valence-electron chi connectivity index (χ1n) is 8.43. The molecule has 142 valence electrons. The van der Waals surface area contributed by atoms with Crippen molar-refractivity contribution >= 4 is 46.8 Å². The van der Waals surface area contributed by atoms with E-state index >= 15 is 0 Å². The van der Waals surface area contributed by atoms with Crippen LogP contribution in [0.4, 0.5) is 0 Å². The molecule has 2 aliphatic heterocycles. The second kappa shape index (κ2) is 9.72. The lowest BCUT2D eigenvalue weighted by atomic mass is 10.1. The SMILES string of the molecule is COC(=O)/C=C1/S/C(=N\N=Cc2ccccc2CN2CCSCC2)NC1=O. The maximum atomic E-state index is 11.8. The molecule has 0 saturated carbocycles. The number of ether oxygens (including phenoxy) is 1. The first-order valence-corrected chi connectivity index (χ1v) is 10.4. The number of rotatable bonds is 5. The second-order valence-corrected chi connectivity index (χ2v) is 8.08. The van der Waals surface area contributed by atoms with Gasteiger partial charge in [0.2, 0.25) is 0 Å².